The Kier molecular flexibility index (Phi) is 29.9. The summed E-state index contributed by atoms with van der Waals surface area (Å²) in [6.07, 6.45) is 2.13. The molecule has 0 aliphatic rings. The Morgan fingerprint density at radius 3 is 1.83 bits per heavy atom. The molecule has 0 radical (unpaired) electrons. The van der Waals surface area contributed by atoms with Crippen molar-refractivity contribution in [3.05, 3.63) is 71.8 Å². The Morgan fingerprint density at radius 1 is 0.712 bits per heavy atom. The molecule has 4 aromatic rings. The smallest absolute Gasteiger partial charge is 0.862 e. The maximum atomic E-state index is 12.8. The molecule has 1 aromatic heterocycles. The number of H-pyrrole nitrogens is 1. The summed E-state index contributed by atoms with van der Waals surface area (Å²) < 4.78 is 11.9. The number of unbranched alkanes of at least 4 members (excludes halogenated alkanes) is 2. The van der Waals surface area contributed by atoms with Crippen molar-refractivity contribution in [2.75, 3.05) is 55.7 Å². The Balaban J connectivity index is 0.00000841. The molecule has 0 atom stereocenters. The van der Waals surface area contributed by atoms with Crippen molar-refractivity contribution in [2.24, 2.45) is 0 Å². The number of carboxylic acid groups (broad SMARTS) is 4. The van der Waals surface area contributed by atoms with Crippen LogP contribution in [0.2, 0.25) is 0 Å². The molecule has 0 unspecified atom stereocenters. The van der Waals surface area contributed by atoms with Crippen molar-refractivity contribution in [3.63, 3.8) is 0 Å². The monoisotopic (exact) mass is 913 g/mol. The maximum Gasteiger partial charge on any atom is 1.00 e. The van der Waals surface area contributed by atoms with Crippen LogP contribution in [0.3, 0.4) is 0 Å². The number of hydrogen-bond acceptors (Lipinski definition) is 14. The zero-order valence-electron chi connectivity index (χ0n) is 33.9. The van der Waals surface area contributed by atoms with Gasteiger partial charge < -0.3 is 74.9 Å². The van der Waals surface area contributed by atoms with Crippen LogP contribution in [0.25, 0.3) is 22.2 Å². The minimum absolute atomic E-state index is 0. The predicted octanol–water partition coefficient (Wildman–Crippen LogP) is -12.8. The summed E-state index contributed by atoms with van der Waals surface area (Å²) in [6, 6.07) is 16.4. The van der Waals surface area contributed by atoms with Crippen molar-refractivity contribution in [1.82, 2.24) is 10.3 Å². The number of amides is 1. The number of carboxylic acids is 4. The number of hydrogen-bond donors (Lipinski definition) is 4. The number of benzene rings is 3. The van der Waals surface area contributed by atoms with Crippen molar-refractivity contribution in [3.8, 4) is 22.8 Å². The zero-order valence-corrected chi connectivity index (χ0v) is 46.4. The molecule has 17 nitrogen and oxygen atoms in total. The fraction of sp³-hybridized carbons (Fsp3) is 0.316. The van der Waals surface area contributed by atoms with Crippen LogP contribution < -0.4 is 251 Å². The number of aliphatic carboxylic acids is 4. The van der Waals surface area contributed by atoms with Gasteiger partial charge in [-0.1, -0.05) is 24.6 Å². The average molecular weight is 914 g/mol. The minimum atomic E-state index is -1.53. The number of aryl methyl sites for hydroxylation is 1. The van der Waals surface area contributed by atoms with Gasteiger partial charge in [0.2, 0.25) is 0 Å². The second-order valence-corrected chi connectivity index (χ2v) is 12.5. The molecule has 0 bridgehead atoms. The van der Waals surface area contributed by atoms with E-state index in [0.29, 0.717) is 48.1 Å². The summed E-state index contributed by atoms with van der Waals surface area (Å²) in [5, 5.41) is 65.1. The average Bonchev–Trinajstić information content (AvgIpc) is 3.54. The third-order valence-electron chi connectivity index (χ3n) is 8.20. The molecule has 21 heteroatoms. The van der Waals surface area contributed by atoms with Crippen LogP contribution >= 0.6 is 0 Å². The molecule has 1 amide bonds. The van der Waals surface area contributed by atoms with Crippen LogP contribution in [-0.2, 0) is 19.2 Å². The first-order valence-corrected chi connectivity index (χ1v) is 17.2. The third-order valence-corrected chi connectivity index (χ3v) is 8.20. The number of carbonyl (C=O) groups excluding carboxylic acids is 4. The topological polar surface area (TPSA) is 274 Å². The number of fused-ring (bicyclic) bond motifs is 1. The van der Waals surface area contributed by atoms with Gasteiger partial charge in [-0.2, -0.15) is 0 Å². The molecule has 0 aliphatic carbocycles. The third kappa shape index (κ3) is 20.0. The second kappa shape index (κ2) is 30.0. The number of aromatic nitrogens is 1. The fourth-order valence-electron chi connectivity index (χ4n) is 5.76. The van der Waals surface area contributed by atoms with E-state index < -0.39 is 56.0 Å². The Labute approximate surface area is 510 Å². The molecule has 1 heterocycles. The summed E-state index contributed by atoms with van der Waals surface area (Å²) >= 11 is 0. The number of nitrogens with zero attached hydrogens (tertiary/aromatic N) is 2. The van der Waals surface area contributed by atoms with Gasteiger partial charge >= 0.3 is 212 Å². The van der Waals surface area contributed by atoms with Gasteiger partial charge in [-0.15, -0.1) is 0 Å². The first-order chi connectivity index (χ1) is 26.2. The van der Waals surface area contributed by atoms with Crippen LogP contribution in [0.5, 0.6) is 11.5 Å². The van der Waals surface area contributed by atoms with Gasteiger partial charge in [-0.25, -0.2) is 0 Å². The fourth-order valence-corrected chi connectivity index (χ4v) is 5.76. The van der Waals surface area contributed by atoms with Crippen molar-refractivity contribution < 1.29 is 265 Å². The van der Waals surface area contributed by atoms with Crippen LogP contribution in [-0.4, -0.2) is 91.7 Å². The van der Waals surface area contributed by atoms with Gasteiger partial charge in [-0.05, 0) is 80.1 Å². The normalized spacial score (nSPS) is 10.1. The number of anilines is 2. The van der Waals surface area contributed by atoms with Gasteiger partial charge in [0.15, 0.2) is 0 Å². The van der Waals surface area contributed by atoms with Gasteiger partial charge in [0.25, 0.3) is 5.91 Å². The second-order valence-electron chi connectivity index (χ2n) is 12.5. The largest absolute Gasteiger partial charge is 1.00 e. The minimum Gasteiger partial charge on any atom is -0.862 e. The molecule has 0 spiro atoms. The van der Waals surface area contributed by atoms with Gasteiger partial charge in [0, 0.05) is 34.3 Å². The van der Waals surface area contributed by atoms with E-state index in [2.05, 4.69) is 10.3 Å². The quantitative estimate of drug-likeness (QED) is 0.0233. The molecule has 0 aliphatic heterocycles. The summed E-state index contributed by atoms with van der Waals surface area (Å²) in [5.41, 5.74) is 3.21. The number of aromatic amines is 1. The van der Waals surface area contributed by atoms with E-state index in [4.69, 9.17) is 14.9 Å². The van der Waals surface area contributed by atoms with Crippen LogP contribution in [0.4, 0.5) is 11.4 Å². The van der Waals surface area contributed by atoms with Crippen molar-refractivity contribution in [2.45, 2.75) is 32.6 Å². The maximum absolute atomic E-state index is 12.8. The summed E-state index contributed by atoms with van der Waals surface area (Å²) in [5.74, 6) is -6.53. The SMILES string of the molecule is Cc1ccc(N(CC(=O)[O-])CC(=O)[O-])c(OCCOc2cc(-c3cc4ccc(C(=O)NCCCCCC(=N)[O-])cc4[nH]3)ccc2N(CC(=O)[O-])CC(=O)O)c1.[K+].[K+].[K+].[K+]. The van der Waals surface area contributed by atoms with E-state index in [9.17, 15) is 49.5 Å². The molecule has 0 saturated carbocycles. The van der Waals surface area contributed by atoms with Gasteiger partial charge in [0.05, 0.1) is 48.9 Å². The van der Waals surface area contributed by atoms with Crippen LogP contribution in [0.15, 0.2) is 60.7 Å². The zero-order chi connectivity index (χ0) is 40.1. The molecule has 0 saturated heterocycles. The van der Waals surface area contributed by atoms with Crippen LogP contribution in [0, 0.1) is 12.3 Å². The van der Waals surface area contributed by atoms with E-state index in [1.807, 2.05) is 6.07 Å². The van der Waals surface area contributed by atoms with Crippen LogP contribution in [0.1, 0.15) is 41.6 Å². The molecule has 292 valence electrons. The number of ether oxygens (including phenoxy) is 2. The van der Waals surface area contributed by atoms with E-state index in [-0.39, 0.29) is 254 Å². The van der Waals surface area contributed by atoms with Gasteiger partial charge in [0.1, 0.15) is 31.3 Å². The molecule has 59 heavy (non-hydrogen) atoms. The van der Waals surface area contributed by atoms with E-state index in [0.717, 1.165) is 20.7 Å². The number of nitrogens with one attached hydrogen (secondary N) is 3. The molecule has 4 rings (SSSR count). The molecular formula is C38H39K4N5O12. The number of carbonyl (C=O) groups is 5. The molecular weight excluding hydrogens is 875 g/mol. The summed E-state index contributed by atoms with van der Waals surface area (Å²) in [4.78, 5) is 64.1. The van der Waals surface area contributed by atoms with E-state index in [1.54, 1.807) is 49.4 Å². The first-order valence-electron chi connectivity index (χ1n) is 17.2. The molecule has 0 fully saturated rings. The summed E-state index contributed by atoms with van der Waals surface area (Å²) in [6.45, 7) is -1.14. The van der Waals surface area contributed by atoms with E-state index in [1.165, 1.54) is 12.1 Å². The summed E-state index contributed by atoms with van der Waals surface area (Å²) in [7, 11) is 0. The first kappa shape index (κ1) is 58.8. The standard InChI is InChI=1S/C38H43N5O12.4K/c1-23-6-10-29(42(19-34(45)46)20-35(47)48)31(15-23)54-13-14-55-32-18-25(9-11-30(32)43(21-36(49)50)22-37(51)52)27-16-24-7-8-26(17-28(24)41-27)38(53)40-12-4-2-3-5-33(39)44;;;;/h6-11,15-18,41H,2-5,12-14,19-22H2,1H3,(H2,39,44)(H,40,53)(H,45,46)(H,47,48)(H,49,50)(H,51,52);;;;/q;4*+1/p-4. The number of rotatable bonds is 23. The molecule has 4 N–H and O–H groups in total. The van der Waals surface area contributed by atoms with E-state index >= 15 is 0 Å². The molecule has 3 aromatic carbocycles. The Bertz CT molecular complexity index is 2030. The Hall–Kier alpha value is -0.235. The van der Waals surface area contributed by atoms with Crippen molar-refractivity contribution in [1.29, 1.82) is 5.41 Å². The van der Waals surface area contributed by atoms with Gasteiger partial charge in [-0.3, -0.25) is 9.59 Å². The predicted molar refractivity (Wildman–Crippen MR) is 192 cm³/mol. The Morgan fingerprint density at radius 2 is 1.27 bits per heavy atom. The van der Waals surface area contributed by atoms with Crippen molar-refractivity contribution >= 4 is 58.0 Å².